The molecule has 1 heterocycles. The number of aromatic nitrogens is 1. The molecule has 1 aromatic heterocycles. The summed E-state index contributed by atoms with van der Waals surface area (Å²) < 4.78 is 6.40. The second-order valence-electron chi connectivity index (χ2n) is 3.58. The summed E-state index contributed by atoms with van der Waals surface area (Å²) in [4.78, 5) is 14.9. The summed E-state index contributed by atoms with van der Waals surface area (Å²) in [5, 5.41) is 8.97. The predicted molar refractivity (Wildman–Crippen MR) is 69.7 cm³/mol. The molecule has 0 aliphatic heterocycles. The number of hydrogen-bond acceptors (Lipinski definition) is 3. The Morgan fingerprint density at radius 3 is 2.67 bits per heavy atom. The number of benzene rings is 1. The van der Waals surface area contributed by atoms with E-state index in [0.29, 0.717) is 0 Å². The lowest BCUT2D eigenvalue weighted by molar-refractivity contribution is 0.0690. The molecular weight excluding hydrogens is 298 g/mol. The first-order chi connectivity index (χ1) is 8.66. The van der Waals surface area contributed by atoms with Gasteiger partial charge in [-0.05, 0) is 29.8 Å². The SMILES string of the molecule is O=C(O)c1cccnc1OCc1ccc(Br)cc1. The van der Waals surface area contributed by atoms with Crippen molar-refractivity contribution in [3.8, 4) is 5.88 Å². The molecule has 0 radical (unpaired) electrons. The summed E-state index contributed by atoms with van der Waals surface area (Å²) in [6.07, 6.45) is 1.50. The van der Waals surface area contributed by atoms with E-state index in [1.54, 1.807) is 6.07 Å². The van der Waals surface area contributed by atoms with Crippen LogP contribution in [0.5, 0.6) is 5.88 Å². The van der Waals surface area contributed by atoms with E-state index in [-0.39, 0.29) is 18.1 Å². The number of hydrogen-bond donors (Lipinski definition) is 1. The summed E-state index contributed by atoms with van der Waals surface area (Å²) in [5.41, 5.74) is 1.01. The van der Waals surface area contributed by atoms with Gasteiger partial charge in [0.25, 0.3) is 0 Å². The molecule has 0 fully saturated rings. The first kappa shape index (κ1) is 12.6. The predicted octanol–water partition coefficient (Wildman–Crippen LogP) is 3.12. The number of ether oxygens (including phenoxy) is 1. The number of nitrogens with zero attached hydrogens (tertiary/aromatic N) is 1. The highest BCUT2D eigenvalue weighted by Crippen LogP contribution is 2.17. The maximum absolute atomic E-state index is 11.0. The highest BCUT2D eigenvalue weighted by atomic mass is 79.9. The second-order valence-corrected chi connectivity index (χ2v) is 4.49. The molecule has 0 bridgehead atoms. The van der Waals surface area contributed by atoms with Crippen molar-refractivity contribution in [2.45, 2.75) is 6.61 Å². The highest BCUT2D eigenvalue weighted by Gasteiger charge is 2.11. The number of rotatable bonds is 4. The fourth-order valence-electron chi connectivity index (χ4n) is 1.40. The van der Waals surface area contributed by atoms with Gasteiger partial charge in [-0.1, -0.05) is 28.1 Å². The van der Waals surface area contributed by atoms with Gasteiger partial charge in [0.15, 0.2) is 0 Å². The number of carboxylic acid groups (broad SMARTS) is 1. The maximum atomic E-state index is 11.0. The molecule has 4 nitrogen and oxygen atoms in total. The monoisotopic (exact) mass is 307 g/mol. The molecular formula is C13H10BrNO3. The van der Waals surface area contributed by atoms with Crippen molar-refractivity contribution in [2.75, 3.05) is 0 Å². The van der Waals surface area contributed by atoms with Crippen molar-refractivity contribution in [1.82, 2.24) is 4.98 Å². The van der Waals surface area contributed by atoms with Crippen LogP contribution in [-0.4, -0.2) is 16.1 Å². The number of aromatic carboxylic acids is 1. The smallest absolute Gasteiger partial charge is 0.341 e. The first-order valence-electron chi connectivity index (χ1n) is 5.22. The molecule has 0 atom stereocenters. The molecule has 0 amide bonds. The van der Waals surface area contributed by atoms with Gasteiger partial charge in [0, 0.05) is 10.7 Å². The van der Waals surface area contributed by atoms with E-state index in [1.807, 2.05) is 24.3 Å². The molecule has 2 rings (SSSR count). The van der Waals surface area contributed by atoms with E-state index in [1.165, 1.54) is 12.3 Å². The fraction of sp³-hybridized carbons (Fsp3) is 0.0769. The van der Waals surface area contributed by atoms with Crippen molar-refractivity contribution in [1.29, 1.82) is 0 Å². The third-order valence-electron chi connectivity index (χ3n) is 2.29. The summed E-state index contributed by atoms with van der Waals surface area (Å²) in [6.45, 7) is 0.282. The molecule has 0 saturated carbocycles. The minimum atomic E-state index is -1.05. The molecule has 2 aromatic rings. The Hall–Kier alpha value is -1.88. The largest absolute Gasteiger partial charge is 0.477 e. The fourth-order valence-corrected chi connectivity index (χ4v) is 1.67. The topological polar surface area (TPSA) is 59.4 Å². The molecule has 18 heavy (non-hydrogen) atoms. The molecule has 0 saturated heterocycles. The Morgan fingerprint density at radius 1 is 1.28 bits per heavy atom. The molecule has 5 heteroatoms. The average molecular weight is 308 g/mol. The van der Waals surface area contributed by atoms with Crippen molar-refractivity contribution in [3.05, 3.63) is 58.2 Å². The van der Waals surface area contributed by atoms with Gasteiger partial charge in [0.1, 0.15) is 12.2 Å². The van der Waals surface area contributed by atoms with Crippen molar-refractivity contribution in [3.63, 3.8) is 0 Å². The zero-order valence-corrected chi connectivity index (χ0v) is 10.9. The third kappa shape index (κ3) is 3.07. The zero-order valence-electron chi connectivity index (χ0n) is 9.34. The van der Waals surface area contributed by atoms with Crippen LogP contribution in [0.15, 0.2) is 47.1 Å². The van der Waals surface area contributed by atoms with E-state index < -0.39 is 5.97 Å². The van der Waals surface area contributed by atoms with Gasteiger partial charge in [-0.25, -0.2) is 9.78 Å². The molecule has 1 aromatic carbocycles. The Bertz CT molecular complexity index is 554. The minimum absolute atomic E-state index is 0.0645. The molecule has 0 unspecified atom stereocenters. The van der Waals surface area contributed by atoms with Crippen molar-refractivity contribution >= 4 is 21.9 Å². The molecule has 0 aliphatic rings. The lowest BCUT2D eigenvalue weighted by Crippen LogP contribution is -2.04. The average Bonchev–Trinajstić information content (AvgIpc) is 2.38. The Kier molecular flexibility index (Phi) is 3.94. The van der Waals surface area contributed by atoms with Crippen LogP contribution in [0.2, 0.25) is 0 Å². The highest BCUT2D eigenvalue weighted by molar-refractivity contribution is 9.10. The third-order valence-corrected chi connectivity index (χ3v) is 2.82. The molecule has 1 N–H and O–H groups in total. The van der Waals surface area contributed by atoms with Gasteiger partial charge in [-0.3, -0.25) is 0 Å². The summed E-state index contributed by atoms with van der Waals surface area (Å²) in [5.74, 6) is -0.915. The van der Waals surface area contributed by atoms with Crippen LogP contribution in [-0.2, 0) is 6.61 Å². The van der Waals surface area contributed by atoms with Gasteiger partial charge in [0.05, 0.1) is 0 Å². The van der Waals surface area contributed by atoms with Crippen LogP contribution in [0.4, 0.5) is 0 Å². The van der Waals surface area contributed by atoms with E-state index >= 15 is 0 Å². The van der Waals surface area contributed by atoms with E-state index in [2.05, 4.69) is 20.9 Å². The zero-order chi connectivity index (χ0) is 13.0. The van der Waals surface area contributed by atoms with E-state index in [4.69, 9.17) is 9.84 Å². The van der Waals surface area contributed by atoms with Crippen LogP contribution in [0.3, 0.4) is 0 Å². The number of pyridine rings is 1. The van der Waals surface area contributed by atoms with Gasteiger partial charge in [-0.2, -0.15) is 0 Å². The van der Waals surface area contributed by atoms with Crippen LogP contribution >= 0.6 is 15.9 Å². The van der Waals surface area contributed by atoms with Crippen molar-refractivity contribution < 1.29 is 14.6 Å². The summed E-state index contributed by atoms with van der Waals surface area (Å²) in [6, 6.07) is 10.6. The quantitative estimate of drug-likeness (QED) is 0.943. The lowest BCUT2D eigenvalue weighted by atomic mass is 10.2. The number of carbonyl (C=O) groups is 1. The maximum Gasteiger partial charge on any atom is 0.341 e. The Balaban J connectivity index is 2.10. The van der Waals surface area contributed by atoms with Crippen LogP contribution in [0.1, 0.15) is 15.9 Å². The molecule has 0 spiro atoms. The van der Waals surface area contributed by atoms with Crippen LogP contribution < -0.4 is 4.74 Å². The van der Waals surface area contributed by atoms with E-state index in [9.17, 15) is 4.79 Å². The normalized spacial score (nSPS) is 10.1. The minimum Gasteiger partial charge on any atom is -0.477 e. The standard InChI is InChI=1S/C13H10BrNO3/c14-10-5-3-9(4-6-10)8-18-12-11(13(16)17)2-1-7-15-12/h1-7H,8H2,(H,16,17). The van der Waals surface area contributed by atoms with Crippen LogP contribution in [0, 0.1) is 0 Å². The van der Waals surface area contributed by atoms with Gasteiger partial charge in [0.2, 0.25) is 5.88 Å². The first-order valence-corrected chi connectivity index (χ1v) is 6.01. The van der Waals surface area contributed by atoms with Gasteiger partial charge >= 0.3 is 5.97 Å². The Morgan fingerprint density at radius 2 is 2.00 bits per heavy atom. The van der Waals surface area contributed by atoms with Gasteiger partial charge in [-0.15, -0.1) is 0 Å². The summed E-state index contributed by atoms with van der Waals surface area (Å²) in [7, 11) is 0. The summed E-state index contributed by atoms with van der Waals surface area (Å²) >= 11 is 3.34. The van der Waals surface area contributed by atoms with Gasteiger partial charge < -0.3 is 9.84 Å². The second kappa shape index (κ2) is 5.64. The van der Waals surface area contributed by atoms with E-state index in [0.717, 1.165) is 10.0 Å². The number of carboxylic acids is 1. The number of halogens is 1. The van der Waals surface area contributed by atoms with Crippen molar-refractivity contribution in [2.24, 2.45) is 0 Å². The molecule has 0 aliphatic carbocycles. The Labute approximate surface area is 112 Å². The molecule has 92 valence electrons. The lowest BCUT2D eigenvalue weighted by Gasteiger charge is -2.07. The van der Waals surface area contributed by atoms with Crippen LogP contribution in [0.25, 0.3) is 0 Å².